The van der Waals surface area contributed by atoms with Gasteiger partial charge in [-0.2, -0.15) is 4.98 Å². The number of ether oxygens (including phenoxy) is 1. The molecule has 0 spiro atoms. The van der Waals surface area contributed by atoms with Gasteiger partial charge in [0, 0.05) is 55.7 Å². The van der Waals surface area contributed by atoms with Crippen molar-refractivity contribution in [2.45, 2.75) is 71.4 Å². The monoisotopic (exact) mass is 543 g/mol. The number of carbonyl (C=O) groups is 1. The highest BCUT2D eigenvalue weighted by molar-refractivity contribution is 5.77. The molecule has 0 saturated carbocycles. The molecular formula is C30H37N7O3. The fourth-order valence-corrected chi connectivity index (χ4v) is 5.01. The quantitative estimate of drug-likeness (QED) is 0.371. The van der Waals surface area contributed by atoms with Gasteiger partial charge in [-0.15, -0.1) is 0 Å². The van der Waals surface area contributed by atoms with E-state index >= 15 is 0 Å². The Labute approximate surface area is 234 Å². The van der Waals surface area contributed by atoms with E-state index in [1.54, 1.807) is 31.2 Å². The molecule has 3 heterocycles. The molecule has 3 aromatic heterocycles. The standard InChI is InChI=1S/C30H37N7O3/c1-18(2)36-27(38)24-17-32-28(34-26(24)37(36)22-12-13-31-25(16-22)30(3,4)5)33-21-10-8-19-9-11-23(15-20(19)14-21)40-29(39)35(6)7/h8,10,12-14,16-18,23H,9,11,15H2,1-7H3,(H,32,33,34). The molecule has 1 aliphatic rings. The minimum absolute atomic E-state index is 0.0976. The number of nitrogens with one attached hydrogen (secondary N) is 1. The molecule has 0 aliphatic heterocycles. The predicted octanol–water partition coefficient (Wildman–Crippen LogP) is 5.15. The van der Waals surface area contributed by atoms with Crippen molar-refractivity contribution in [1.29, 1.82) is 0 Å². The molecule has 1 aromatic carbocycles. The van der Waals surface area contributed by atoms with Crippen molar-refractivity contribution in [3.05, 3.63) is 69.9 Å². The Morgan fingerprint density at radius 3 is 2.60 bits per heavy atom. The Hall–Kier alpha value is -4.21. The van der Waals surface area contributed by atoms with Gasteiger partial charge in [0.1, 0.15) is 11.5 Å². The largest absolute Gasteiger partial charge is 0.446 e. The fraction of sp³-hybridized carbons (Fsp3) is 0.433. The Morgan fingerprint density at radius 2 is 1.90 bits per heavy atom. The van der Waals surface area contributed by atoms with Crippen molar-refractivity contribution >= 4 is 28.8 Å². The lowest BCUT2D eigenvalue weighted by Crippen LogP contribution is -2.31. The van der Waals surface area contributed by atoms with Crippen LogP contribution in [0.4, 0.5) is 16.4 Å². The lowest BCUT2D eigenvalue weighted by Gasteiger charge is -2.26. The maximum atomic E-state index is 13.4. The van der Waals surface area contributed by atoms with Crippen molar-refractivity contribution in [1.82, 2.24) is 29.2 Å². The average molecular weight is 544 g/mol. The molecule has 1 unspecified atom stereocenters. The van der Waals surface area contributed by atoms with Gasteiger partial charge in [0.2, 0.25) is 5.95 Å². The number of rotatable bonds is 5. The summed E-state index contributed by atoms with van der Waals surface area (Å²) in [6.45, 7) is 10.3. The summed E-state index contributed by atoms with van der Waals surface area (Å²) in [7, 11) is 3.37. The van der Waals surface area contributed by atoms with Crippen LogP contribution in [0.5, 0.6) is 0 Å². The molecule has 0 radical (unpaired) electrons. The molecular weight excluding hydrogens is 506 g/mol. The average Bonchev–Trinajstić information content (AvgIpc) is 3.19. The maximum Gasteiger partial charge on any atom is 0.409 e. The van der Waals surface area contributed by atoms with Gasteiger partial charge in [0.25, 0.3) is 5.56 Å². The number of aromatic nitrogens is 5. The zero-order valence-corrected chi connectivity index (χ0v) is 24.2. The summed E-state index contributed by atoms with van der Waals surface area (Å²) < 4.78 is 9.21. The van der Waals surface area contributed by atoms with Crippen LogP contribution < -0.4 is 10.9 Å². The van der Waals surface area contributed by atoms with Crippen LogP contribution in [0.15, 0.2) is 47.5 Å². The fourth-order valence-electron chi connectivity index (χ4n) is 5.01. The van der Waals surface area contributed by atoms with E-state index in [0.29, 0.717) is 23.4 Å². The number of benzene rings is 1. The number of carbonyl (C=O) groups excluding carboxylic acids is 1. The summed E-state index contributed by atoms with van der Waals surface area (Å²) in [6, 6.07) is 9.96. The van der Waals surface area contributed by atoms with Crippen molar-refractivity contribution < 1.29 is 9.53 Å². The summed E-state index contributed by atoms with van der Waals surface area (Å²) >= 11 is 0. The van der Waals surface area contributed by atoms with Crippen molar-refractivity contribution in [3.8, 4) is 5.69 Å². The van der Waals surface area contributed by atoms with Crippen LogP contribution in [0, 0.1) is 0 Å². The molecule has 1 aliphatic carbocycles. The molecule has 0 bridgehead atoms. The highest BCUT2D eigenvalue weighted by atomic mass is 16.6. The molecule has 1 atom stereocenters. The van der Waals surface area contributed by atoms with Crippen LogP contribution in [0.25, 0.3) is 16.7 Å². The number of hydrogen-bond acceptors (Lipinski definition) is 7. The van der Waals surface area contributed by atoms with Crippen molar-refractivity contribution in [2.75, 3.05) is 19.4 Å². The van der Waals surface area contributed by atoms with Crippen molar-refractivity contribution in [3.63, 3.8) is 0 Å². The van der Waals surface area contributed by atoms with Crippen LogP contribution in [0.1, 0.15) is 63.9 Å². The Balaban J connectivity index is 1.50. The van der Waals surface area contributed by atoms with Crippen LogP contribution in [0.2, 0.25) is 0 Å². The van der Waals surface area contributed by atoms with E-state index in [1.165, 1.54) is 10.5 Å². The van der Waals surface area contributed by atoms with E-state index in [-0.39, 0.29) is 29.2 Å². The number of amides is 1. The highest BCUT2D eigenvalue weighted by Gasteiger charge is 2.24. The minimum atomic E-state index is -0.326. The van der Waals surface area contributed by atoms with Crippen LogP contribution in [-0.4, -0.2) is 55.5 Å². The number of anilines is 2. The van der Waals surface area contributed by atoms with E-state index < -0.39 is 0 Å². The molecule has 1 N–H and O–H groups in total. The normalized spacial score (nSPS) is 15.2. The number of pyridine rings is 1. The third kappa shape index (κ3) is 5.30. The van der Waals surface area contributed by atoms with Gasteiger partial charge in [0.15, 0.2) is 5.65 Å². The predicted molar refractivity (Wildman–Crippen MR) is 156 cm³/mol. The maximum absolute atomic E-state index is 13.4. The summed E-state index contributed by atoms with van der Waals surface area (Å²) in [6.07, 6.45) is 5.17. The lowest BCUT2D eigenvalue weighted by molar-refractivity contribution is 0.0679. The van der Waals surface area contributed by atoms with E-state index in [9.17, 15) is 9.59 Å². The first-order valence-electron chi connectivity index (χ1n) is 13.7. The number of hydrogen-bond donors (Lipinski definition) is 1. The third-order valence-corrected chi connectivity index (χ3v) is 7.15. The van der Waals surface area contributed by atoms with Gasteiger partial charge < -0.3 is 15.0 Å². The van der Waals surface area contributed by atoms with Gasteiger partial charge in [-0.3, -0.25) is 9.78 Å². The van der Waals surface area contributed by atoms with Crippen LogP contribution in [0.3, 0.4) is 0 Å². The summed E-state index contributed by atoms with van der Waals surface area (Å²) in [5, 5.41) is 3.77. The smallest absolute Gasteiger partial charge is 0.409 e. The van der Waals surface area contributed by atoms with E-state index in [0.717, 1.165) is 35.5 Å². The van der Waals surface area contributed by atoms with Gasteiger partial charge in [-0.25, -0.2) is 19.1 Å². The SMILES string of the molecule is CC(C)n1c(=O)c2cnc(Nc3ccc4c(c3)CC(OC(=O)N(C)C)CC4)nc2n1-c1ccnc(C(C)(C)C)c1. The molecule has 4 aromatic rings. The first kappa shape index (κ1) is 27.4. The molecule has 1 amide bonds. The van der Waals surface area contributed by atoms with Gasteiger partial charge in [-0.1, -0.05) is 26.8 Å². The second-order valence-electron chi connectivity index (χ2n) is 11.9. The molecule has 0 saturated heterocycles. The Kier molecular flexibility index (Phi) is 7.12. The summed E-state index contributed by atoms with van der Waals surface area (Å²) in [4.78, 5) is 40.8. The number of aryl methyl sites for hydroxylation is 1. The van der Waals surface area contributed by atoms with E-state index in [4.69, 9.17) is 9.72 Å². The van der Waals surface area contributed by atoms with E-state index in [1.807, 2.05) is 36.7 Å². The zero-order chi connectivity index (χ0) is 28.8. The van der Waals surface area contributed by atoms with Crippen LogP contribution >= 0.6 is 0 Å². The molecule has 10 nitrogen and oxygen atoms in total. The summed E-state index contributed by atoms with van der Waals surface area (Å²) in [5.41, 5.74) is 5.17. The van der Waals surface area contributed by atoms with Crippen LogP contribution in [-0.2, 0) is 23.0 Å². The zero-order valence-electron chi connectivity index (χ0n) is 24.2. The molecule has 10 heteroatoms. The van der Waals surface area contributed by atoms with Gasteiger partial charge >= 0.3 is 6.09 Å². The number of fused-ring (bicyclic) bond motifs is 2. The number of nitrogens with zero attached hydrogens (tertiary/aromatic N) is 6. The first-order chi connectivity index (χ1) is 18.9. The van der Waals surface area contributed by atoms with E-state index in [2.05, 4.69) is 48.2 Å². The Morgan fingerprint density at radius 1 is 1.12 bits per heavy atom. The Bertz CT molecular complexity index is 1630. The second kappa shape index (κ2) is 10.4. The molecule has 5 rings (SSSR count). The topological polar surface area (TPSA) is 107 Å². The highest BCUT2D eigenvalue weighted by Crippen LogP contribution is 2.28. The third-order valence-electron chi connectivity index (χ3n) is 7.15. The summed E-state index contributed by atoms with van der Waals surface area (Å²) in [5.74, 6) is 0.388. The second-order valence-corrected chi connectivity index (χ2v) is 11.9. The molecule has 210 valence electrons. The van der Waals surface area contributed by atoms with Gasteiger partial charge in [-0.05, 0) is 62.1 Å². The minimum Gasteiger partial charge on any atom is -0.446 e. The molecule has 0 fully saturated rings. The lowest BCUT2D eigenvalue weighted by atomic mass is 9.89. The molecule has 40 heavy (non-hydrogen) atoms. The van der Waals surface area contributed by atoms with Gasteiger partial charge in [0.05, 0.1) is 5.69 Å². The first-order valence-corrected chi connectivity index (χ1v) is 13.7. The van der Waals surface area contributed by atoms with Crippen molar-refractivity contribution in [2.24, 2.45) is 0 Å².